The van der Waals surface area contributed by atoms with E-state index in [2.05, 4.69) is 5.10 Å². The molecule has 0 saturated heterocycles. The summed E-state index contributed by atoms with van der Waals surface area (Å²) in [5.41, 5.74) is 1.40. The second-order valence-corrected chi connectivity index (χ2v) is 4.78. The van der Waals surface area contributed by atoms with E-state index in [1.165, 1.54) is 0 Å². The van der Waals surface area contributed by atoms with Crippen molar-refractivity contribution in [2.75, 3.05) is 21.2 Å². The lowest BCUT2D eigenvalue weighted by Crippen LogP contribution is -2.08. The Labute approximate surface area is 129 Å². The molecule has 2 aromatic rings. The van der Waals surface area contributed by atoms with Gasteiger partial charge in [-0.25, -0.2) is 4.79 Å². The Morgan fingerprint density at radius 3 is 2.14 bits per heavy atom. The molecule has 5 heteroatoms. The van der Waals surface area contributed by atoms with Crippen LogP contribution in [0.4, 0.5) is 0 Å². The first-order chi connectivity index (χ1) is 10.6. The van der Waals surface area contributed by atoms with Gasteiger partial charge in [0.05, 0.1) is 18.9 Å². The van der Waals surface area contributed by atoms with Crippen LogP contribution in [0.15, 0.2) is 53.6 Å². The lowest BCUT2D eigenvalue weighted by molar-refractivity contribution is 0.0734. The summed E-state index contributed by atoms with van der Waals surface area (Å²) >= 11 is 0. The molecule has 2 aromatic carbocycles. The maximum Gasteiger partial charge on any atom is 0.343 e. The van der Waals surface area contributed by atoms with Crippen molar-refractivity contribution in [2.24, 2.45) is 5.10 Å². The molecule has 2 rings (SSSR count). The van der Waals surface area contributed by atoms with Gasteiger partial charge in [0.1, 0.15) is 11.5 Å². The van der Waals surface area contributed by atoms with Gasteiger partial charge in [-0.3, -0.25) is 0 Å². The molecular weight excluding hydrogens is 280 g/mol. The molecule has 0 N–H and O–H groups in total. The second kappa shape index (κ2) is 7.26. The van der Waals surface area contributed by atoms with E-state index in [-0.39, 0.29) is 0 Å². The first-order valence-corrected chi connectivity index (χ1v) is 6.76. The molecule has 0 aliphatic heterocycles. The third-order valence-corrected chi connectivity index (χ3v) is 2.85. The minimum Gasteiger partial charge on any atom is -0.497 e. The van der Waals surface area contributed by atoms with Crippen molar-refractivity contribution in [3.8, 4) is 11.5 Å². The zero-order chi connectivity index (χ0) is 15.9. The normalized spacial score (nSPS) is 10.5. The van der Waals surface area contributed by atoms with Crippen molar-refractivity contribution >= 4 is 12.2 Å². The summed E-state index contributed by atoms with van der Waals surface area (Å²) in [5, 5.41) is 5.84. The molecule has 0 atom stereocenters. The SMILES string of the molecule is COc1ccc(C(=O)Oc2ccc(C=NN(C)C)cc2)cc1. The molecule has 0 spiro atoms. The van der Waals surface area contributed by atoms with Gasteiger partial charge in [0.15, 0.2) is 0 Å². The van der Waals surface area contributed by atoms with Crippen LogP contribution in [0.3, 0.4) is 0 Å². The Morgan fingerprint density at radius 1 is 1.00 bits per heavy atom. The number of hydrogen-bond acceptors (Lipinski definition) is 5. The van der Waals surface area contributed by atoms with Crippen LogP contribution in [-0.2, 0) is 0 Å². The predicted octanol–water partition coefficient (Wildman–Crippen LogP) is 2.81. The van der Waals surface area contributed by atoms with Crippen LogP contribution in [0.1, 0.15) is 15.9 Å². The number of esters is 1. The Morgan fingerprint density at radius 2 is 1.59 bits per heavy atom. The van der Waals surface area contributed by atoms with Crippen molar-refractivity contribution in [1.29, 1.82) is 0 Å². The summed E-state index contributed by atoms with van der Waals surface area (Å²) in [6.07, 6.45) is 1.73. The summed E-state index contributed by atoms with van der Waals surface area (Å²) in [4.78, 5) is 12.0. The van der Waals surface area contributed by atoms with Gasteiger partial charge >= 0.3 is 5.97 Å². The molecule has 0 heterocycles. The van der Waals surface area contributed by atoms with E-state index in [4.69, 9.17) is 9.47 Å². The molecule has 5 nitrogen and oxygen atoms in total. The lowest BCUT2D eigenvalue weighted by Gasteiger charge is -2.06. The largest absolute Gasteiger partial charge is 0.497 e. The van der Waals surface area contributed by atoms with Crippen molar-refractivity contribution < 1.29 is 14.3 Å². The van der Waals surface area contributed by atoms with Gasteiger partial charge in [0, 0.05) is 14.1 Å². The van der Waals surface area contributed by atoms with Gasteiger partial charge in [-0.15, -0.1) is 0 Å². The summed E-state index contributed by atoms with van der Waals surface area (Å²) in [7, 11) is 5.28. The van der Waals surface area contributed by atoms with Crippen LogP contribution in [0.25, 0.3) is 0 Å². The second-order valence-electron chi connectivity index (χ2n) is 4.78. The average molecular weight is 298 g/mol. The Hall–Kier alpha value is -2.82. The fourth-order valence-corrected chi connectivity index (χ4v) is 1.70. The van der Waals surface area contributed by atoms with E-state index in [1.54, 1.807) is 54.7 Å². The van der Waals surface area contributed by atoms with Crippen molar-refractivity contribution in [1.82, 2.24) is 5.01 Å². The molecule has 0 amide bonds. The van der Waals surface area contributed by atoms with Crippen molar-refractivity contribution in [3.63, 3.8) is 0 Å². The first kappa shape index (κ1) is 15.6. The number of carbonyl (C=O) groups is 1. The molecule has 0 fully saturated rings. The highest BCUT2D eigenvalue weighted by atomic mass is 16.5. The van der Waals surface area contributed by atoms with Gasteiger partial charge < -0.3 is 14.5 Å². The quantitative estimate of drug-likeness (QED) is 0.369. The van der Waals surface area contributed by atoms with Crippen LogP contribution in [0.5, 0.6) is 11.5 Å². The molecule has 0 saturated carbocycles. The highest BCUT2D eigenvalue weighted by Crippen LogP contribution is 2.16. The number of benzene rings is 2. The molecule has 0 aliphatic carbocycles. The summed E-state index contributed by atoms with van der Waals surface area (Å²) in [6, 6.07) is 13.9. The molecule has 0 radical (unpaired) electrons. The molecule has 0 bridgehead atoms. The predicted molar refractivity (Wildman–Crippen MR) is 85.7 cm³/mol. The van der Waals surface area contributed by atoms with Crippen LogP contribution >= 0.6 is 0 Å². The minimum absolute atomic E-state index is 0.405. The number of ether oxygens (including phenoxy) is 2. The number of carbonyl (C=O) groups excluding carboxylic acids is 1. The number of nitrogens with zero attached hydrogens (tertiary/aromatic N) is 2. The standard InChI is InChI=1S/C17H18N2O3/c1-19(2)18-12-13-4-8-16(9-5-13)22-17(20)14-6-10-15(21-3)11-7-14/h4-12H,1-3H3. The summed E-state index contributed by atoms with van der Waals surface area (Å²) in [6.45, 7) is 0. The van der Waals surface area contributed by atoms with E-state index in [0.29, 0.717) is 17.1 Å². The monoisotopic (exact) mass is 298 g/mol. The Bertz CT molecular complexity index is 647. The maximum atomic E-state index is 12.0. The van der Waals surface area contributed by atoms with E-state index < -0.39 is 5.97 Å². The topological polar surface area (TPSA) is 51.1 Å². The van der Waals surface area contributed by atoms with Gasteiger partial charge in [-0.2, -0.15) is 5.10 Å². The van der Waals surface area contributed by atoms with E-state index >= 15 is 0 Å². The maximum absolute atomic E-state index is 12.0. The Balaban J connectivity index is 2.01. The van der Waals surface area contributed by atoms with Gasteiger partial charge in [0.2, 0.25) is 0 Å². The molecule has 0 unspecified atom stereocenters. The van der Waals surface area contributed by atoms with Crippen LogP contribution in [0.2, 0.25) is 0 Å². The van der Waals surface area contributed by atoms with E-state index in [9.17, 15) is 4.79 Å². The smallest absolute Gasteiger partial charge is 0.343 e. The highest BCUT2D eigenvalue weighted by molar-refractivity contribution is 5.91. The number of hydrazone groups is 1. The van der Waals surface area contributed by atoms with E-state index in [0.717, 1.165) is 5.56 Å². The lowest BCUT2D eigenvalue weighted by atomic mass is 10.2. The number of rotatable bonds is 5. The zero-order valence-electron chi connectivity index (χ0n) is 12.8. The van der Waals surface area contributed by atoms with Gasteiger partial charge in [0.25, 0.3) is 0 Å². The first-order valence-electron chi connectivity index (χ1n) is 6.76. The third-order valence-electron chi connectivity index (χ3n) is 2.85. The van der Waals surface area contributed by atoms with E-state index in [1.807, 2.05) is 26.2 Å². The molecule has 22 heavy (non-hydrogen) atoms. The molecule has 0 aliphatic rings. The van der Waals surface area contributed by atoms with Gasteiger partial charge in [-0.1, -0.05) is 0 Å². The number of methoxy groups -OCH3 is 1. The summed E-state index contributed by atoms with van der Waals surface area (Å²) < 4.78 is 10.4. The van der Waals surface area contributed by atoms with Crippen molar-refractivity contribution in [3.05, 3.63) is 59.7 Å². The van der Waals surface area contributed by atoms with Crippen molar-refractivity contribution in [2.45, 2.75) is 0 Å². The zero-order valence-corrected chi connectivity index (χ0v) is 12.8. The minimum atomic E-state index is -0.405. The average Bonchev–Trinajstić information content (AvgIpc) is 2.54. The van der Waals surface area contributed by atoms with Crippen LogP contribution in [0, 0.1) is 0 Å². The van der Waals surface area contributed by atoms with Crippen LogP contribution < -0.4 is 9.47 Å². The molecular formula is C17H18N2O3. The molecule has 0 aromatic heterocycles. The third kappa shape index (κ3) is 4.34. The van der Waals surface area contributed by atoms with Gasteiger partial charge in [-0.05, 0) is 54.1 Å². The summed E-state index contributed by atoms with van der Waals surface area (Å²) in [5.74, 6) is 0.779. The number of hydrogen-bond donors (Lipinski definition) is 0. The molecule has 114 valence electrons. The fourth-order valence-electron chi connectivity index (χ4n) is 1.70. The van der Waals surface area contributed by atoms with Crippen LogP contribution in [-0.4, -0.2) is 38.4 Å². The Kier molecular flexibility index (Phi) is 5.14. The fraction of sp³-hybridized carbons (Fsp3) is 0.176. The highest BCUT2D eigenvalue weighted by Gasteiger charge is 2.08.